The SMILES string of the molecule is Cc1cc(C(C)NCCCCC(=O)O)c(C)o1. The van der Waals surface area contributed by atoms with Gasteiger partial charge in [-0.2, -0.15) is 0 Å². The lowest BCUT2D eigenvalue weighted by Crippen LogP contribution is -2.20. The topological polar surface area (TPSA) is 62.5 Å². The van der Waals surface area contributed by atoms with Crippen LogP contribution >= 0.6 is 0 Å². The number of aliphatic carboxylic acids is 1. The Balaban J connectivity index is 2.28. The van der Waals surface area contributed by atoms with Crippen molar-refractivity contribution in [1.82, 2.24) is 5.32 Å². The van der Waals surface area contributed by atoms with Gasteiger partial charge in [0.25, 0.3) is 0 Å². The molecule has 1 aromatic rings. The highest BCUT2D eigenvalue weighted by molar-refractivity contribution is 5.66. The van der Waals surface area contributed by atoms with Gasteiger partial charge in [0.15, 0.2) is 0 Å². The zero-order valence-corrected chi connectivity index (χ0v) is 10.7. The fourth-order valence-electron chi connectivity index (χ4n) is 1.91. The number of hydrogen-bond acceptors (Lipinski definition) is 3. The van der Waals surface area contributed by atoms with E-state index in [4.69, 9.17) is 9.52 Å². The van der Waals surface area contributed by atoms with E-state index in [-0.39, 0.29) is 12.5 Å². The molecule has 17 heavy (non-hydrogen) atoms. The van der Waals surface area contributed by atoms with Gasteiger partial charge in [0.1, 0.15) is 11.5 Å². The molecule has 0 spiro atoms. The highest BCUT2D eigenvalue weighted by atomic mass is 16.4. The summed E-state index contributed by atoms with van der Waals surface area (Å²) < 4.78 is 5.48. The van der Waals surface area contributed by atoms with E-state index in [1.807, 2.05) is 19.9 Å². The smallest absolute Gasteiger partial charge is 0.303 e. The highest BCUT2D eigenvalue weighted by Crippen LogP contribution is 2.20. The maximum absolute atomic E-state index is 10.3. The zero-order chi connectivity index (χ0) is 12.8. The van der Waals surface area contributed by atoms with Crippen molar-refractivity contribution in [2.45, 2.75) is 46.1 Å². The van der Waals surface area contributed by atoms with Gasteiger partial charge in [0.05, 0.1) is 0 Å². The fourth-order valence-corrected chi connectivity index (χ4v) is 1.91. The molecule has 2 N–H and O–H groups in total. The largest absolute Gasteiger partial charge is 0.481 e. The van der Waals surface area contributed by atoms with Gasteiger partial charge in [-0.3, -0.25) is 4.79 Å². The van der Waals surface area contributed by atoms with Crippen LogP contribution in [0.1, 0.15) is 49.3 Å². The number of unbranched alkanes of at least 4 members (excludes halogenated alkanes) is 1. The molecule has 0 amide bonds. The highest BCUT2D eigenvalue weighted by Gasteiger charge is 2.11. The summed E-state index contributed by atoms with van der Waals surface area (Å²) in [5, 5.41) is 11.9. The Bertz CT molecular complexity index is 371. The minimum Gasteiger partial charge on any atom is -0.481 e. The molecule has 0 radical (unpaired) electrons. The third-order valence-electron chi connectivity index (χ3n) is 2.81. The Kier molecular flexibility index (Phi) is 5.22. The second-order valence-electron chi connectivity index (χ2n) is 4.40. The molecule has 4 nitrogen and oxygen atoms in total. The molecule has 0 aliphatic rings. The monoisotopic (exact) mass is 239 g/mol. The van der Waals surface area contributed by atoms with Gasteiger partial charge in [-0.05, 0) is 46.2 Å². The van der Waals surface area contributed by atoms with Crippen LogP contribution < -0.4 is 5.32 Å². The van der Waals surface area contributed by atoms with Crippen LogP contribution in [0.3, 0.4) is 0 Å². The van der Waals surface area contributed by atoms with E-state index >= 15 is 0 Å². The molecule has 0 aliphatic heterocycles. The third kappa shape index (κ3) is 4.61. The van der Waals surface area contributed by atoms with Crippen LogP contribution in [0.2, 0.25) is 0 Å². The molecule has 0 saturated heterocycles. The lowest BCUT2D eigenvalue weighted by atomic mass is 10.1. The number of carboxylic acid groups (broad SMARTS) is 1. The Morgan fingerprint density at radius 1 is 1.47 bits per heavy atom. The van der Waals surface area contributed by atoms with E-state index in [2.05, 4.69) is 12.2 Å². The van der Waals surface area contributed by atoms with Gasteiger partial charge in [0, 0.05) is 18.0 Å². The summed E-state index contributed by atoms with van der Waals surface area (Å²) in [4.78, 5) is 10.3. The number of aryl methyl sites for hydroxylation is 2. The summed E-state index contributed by atoms with van der Waals surface area (Å²) in [6, 6.07) is 2.29. The Labute approximate surface area is 102 Å². The average Bonchev–Trinajstić information content (AvgIpc) is 2.56. The standard InChI is InChI=1S/C13H21NO3/c1-9-8-12(11(3)17-9)10(2)14-7-5-4-6-13(15)16/h8,10,14H,4-7H2,1-3H3,(H,15,16). The number of rotatable bonds is 7. The third-order valence-corrected chi connectivity index (χ3v) is 2.81. The fraction of sp³-hybridized carbons (Fsp3) is 0.615. The molecule has 0 aromatic carbocycles. The van der Waals surface area contributed by atoms with Crippen LogP contribution in [-0.4, -0.2) is 17.6 Å². The van der Waals surface area contributed by atoms with Crippen LogP contribution in [0.4, 0.5) is 0 Å². The van der Waals surface area contributed by atoms with Crippen molar-refractivity contribution in [2.24, 2.45) is 0 Å². The van der Waals surface area contributed by atoms with Crippen molar-refractivity contribution in [3.8, 4) is 0 Å². The van der Waals surface area contributed by atoms with E-state index in [1.165, 1.54) is 5.56 Å². The summed E-state index contributed by atoms with van der Waals surface area (Å²) in [6.45, 7) is 6.83. The maximum atomic E-state index is 10.3. The summed E-state index contributed by atoms with van der Waals surface area (Å²) in [7, 11) is 0. The number of carboxylic acids is 1. The number of carbonyl (C=O) groups is 1. The van der Waals surface area contributed by atoms with Crippen molar-refractivity contribution in [3.63, 3.8) is 0 Å². The molecule has 0 bridgehead atoms. The molecule has 1 heterocycles. The van der Waals surface area contributed by atoms with Gasteiger partial charge in [-0.15, -0.1) is 0 Å². The van der Waals surface area contributed by atoms with E-state index in [0.717, 1.165) is 30.9 Å². The molecule has 1 unspecified atom stereocenters. The first-order valence-corrected chi connectivity index (χ1v) is 6.03. The number of nitrogens with one attached hydrogen (secondary N) is 1. The summed E-state index contributed by atoms with van der Waals surface area (Å²) in [5.41, 5.74) is 1.18. The zero-order valence-electron chi connectivity index (χ0n) is 10.7. The Hall–Kier alpha value is -1.29. The predicted octanol–water partition coefficient (Wildman–Crippen LogP) is 2.80. The molecule has 0 saturated carbocycles. The van der Waals surface area contributed by atoms with Gasteiger partial charge < -0.3 is 14.8 Å². The first-order chi connectivity index (χ1) is 8.00. The van der Waals surface area contributed by atoms with Crippen LogP contribution in [-0.2, 0) is 4.79 Å². The van der Waals surface area contributed by atoms with E-state index in [1.54, 1.807) is 0 Å². The molecular weight excluding hydrogens is 218 g/mol. The molecule has 1 rings (SSSR count). The molecular formula is C13H21NO3. The van der Waals surface area contributed by atoms with Crippen molar-refractivity contribution < 1.29 is 14.3 Å². The lowest BCUT2D eigenvalue weighted by Gasteiger charge is -2.12. The predicted molar refractivity (Wildman–Crippen MR) is 66.1 cm³/mol. The summed E-state index contributed by atoms with van der Waals surface area (Å²) >= 11 is 0. The first kappa shape index (κ1) is 13.8. The maximum Gasteiger partial charge on any atom is 0.303 e. The molecule has 0 fully saturated rings. The first-order valence-electron chi connectivity index (χ1n) is 6.03. The summed E-state index contributed by atoms with van der Waals surface area (Å²) in [6.07, 6.45) is 1.85. The van der Waals surface area contributed by atoms with Gasteiger partial charge in [-0.1, -0.05) is 0 Å². The Morgan fingerprint density at radius 3 is 2.71 bits per heavy atom. The van der Waals surface area contributed by atoms with Crippen molar-refractivity contribution in [3.05, 3.63) is 23.2 Å². The second-order valence-corrected chi connectivity index (χ2v) is 4.40. The van der Waals surface area contributed by atoms with Gasteiger partial charge in [0.2, 0.25) is 0 Å². The normalized spacial score (nSPS) is 12.6. The Morgan fingerprint density at radius 2 is 2.18 bits per heavy atom. The van der Waals surface area contributed by atoms with Crippen LogP contribution in [0, 0.1) is 13.8 Å². The van der Waals surface area contributed by atoms with E-state index < -0.39 is 5.97 Å². The lowest BCUT2D eigenvalue weighted by molar-refractivity contribution is -0.137. The van der Waals surface area contributed by atoms with Crippen LogP contribution in [0.25, 0.3) is 0 Å². The molecule has 4 heteroatoms. The van der Waals surface area contributed by atoms with Crippen LogP contribution in [0.5, 0.6) is 0 Å². The molecule has 0 aliphatic carbocycles. The van der Waals surface area contributed by atoms with Gasteiger partial charge >= 0.3 is 5.97 Å². The molecule has 1 aromatic heterocycles. The average molecular weight is 239 g/mol. The van der Waals surface area contributed by atoms with Crippen LogP contribution in [0.15, 0.2) is 10.5 Å². The summed E-state index contributed by atoms with van der Waals surface area (Å²) in [5.74, 6) is 1.16. The van der Waals surface area contributed by atoms with Crippen molar-refractivity contribution in [2.75, 3.05) is 6.54 Å². The van der Waals surface area contributed by atoms with E-state index in [0.29, 0.717) is 0 Å². The minimum absolute atomic E-state index is 0.247. The van der Waals surface area contributed by atoms with Crippen molar-refractivity contribution >= 4 is 5.97 Å². The number of hydrogen-bond donors (Lipinski definition) is 2. The molecule has 1 atom stereocenters. The number of furan rings is 1. The molecule has 96 valence electrons. The van der Waals surface area contributed by atoms with Gasteiger partial charge in [-0.25, -0.2) is 0 Å². The minimum atomic E-state index is -0.723. The van der Waals surface area contributed by atoms with E-state index in [9.17, 15) is 4.79 Å². The van der Waals surface area contributed by atoms with Crippen molar-refractivity contribution in [1.29, 1.82) is 0 Å². The quantitative estimate of drug-likeness (QED) is 0.718. The second kappa shape index (κ2) is 6.45.